The van der Waals surface area contributed by atoms with E-state index in [1.54, 1.807) is 38.4 Å². The van der Waals surface area contributed by atoms with Gasteiger partial charge >= 0.3 is 0 Å². The second-order valence-electron chi connectivity index (χ2n) is 9.82. The van der Waals surface area contributed by atoms with Crippen LogP contribution in [-0.4, -0.2) is 74.8 Å². The van der Waals surface area contributed by atoms with Gasteiger partial charge in [0.15, 0.2) is 5.01 Å². The Hall–Kier alpha value is -2.31. The number of sulfonamides is 1. The number of benzene rings is 1. The molecule has 1 saturated carbocycles. The van der Waals surface area contributed by atoms with Crippen molar-refractivity contribution in [2.45, 2.75) is 44.3 Å². The molecule has 1 aliphatic heterocycles. The maximum Gasteiger partial charge on any atom is 0.280 e. The molecule has 2 aromatic rings. The van der Waals surface area contributed by atoms with E-state index in [0.29, 0.717) is 34.9 Å². The molecular weight excluding hydrogens is 534 g/mol. The van der Waals surface area contributed by atoms with Crippen LogP contribution in [0.25, 0.3) is 6.08 Å². The standard InChI is InChI=1S/C25H32ClN5O4S2/c1-30(2)25(33)17-6-9-19(29-37(34,35)13-11-16-4-7-18(26)8-5-16)21(14-17)27-23(32)24-28-20-10-12-31(3)15-22(20)36-24/h4-5,7-8,11,13,17,19,21,29H,6,9-10,12,14-15H2,1-3H3,(H,27,32)/b13-11+/t17-,19-,21+/m0/s1. The van der Waals surface area contributed by atoms with Crippen LogP contribution in [0.4, 0.5) is 0 Å². The van der Waals surface area contributed by atoms with E-state index < -0.39 is 22.1 Å². The van der Waals surface area contributed by atoms with Gasteiger partial charge in [0.2, 0.25) is 15.9 Å². The molecule has 2 heterocycles. The van der Waals surface area contributed by atoms with Crippen molar-refractivity contribution in [3.05, 3.63) is 55.8 Å². The van der Waals surface area contributed by atoms with Crippen molar-refractivity contribution >= 4 is 50.9 Å². The molecule has 9 nitrogen and oxygen atoms in total. The number of carbonyl (C=O) groups is 2. The fraction of sp³-hybridized carbons (Fsp3) is 0.480. The van der Waals surface area contributed by atoms with Crippen molar-refractivity contribution < 1.29 is 18.0 Å². The summed E-state index contributed by atoms with van der Waals surface area (Å²) in [5, 5.41) is 5.03. The molecule has 1 aromatic heterocycles. The topological polar surface area (TPSA) is 112 Å². The average molecular weight is 566 g/mol. The summed E-state index contributed by atoms with van der Waals surface area (Å²) in [7, 11) is 1.61. The van der Waals surface area contributed by atoms with E-state index in [9.17, 15) is 18.0 Å². The number of nitrogens with zero attached hydrogens (tertiary/aromatic N) is 3. The first kappa shape index (κ1) is 27.7. The van der Waals surface area contributed by atoms with Gasteiger partial charge in [-0.25, -0.2) is 18.1 Å². The molecule has 0 radical (unpaired) electrons. The van der Waals surface area contributed by atoms with Gasteiger partial charge < -0.3 is 15.1 Å². The summed E-state index contributed by atoms with van der Waals surface area (Å²) in [6.45, 7) is 1.65. The molecule has 2 N–H and O–H groups in total. The van der Waals surface area contributed by atoms with E-state index in [-0.39, 0.29) is 17.7 Å². The number of nitrogens with one attached hydrogen (secondary N) is 2. The predicted octanol–water partition coefficient (Wildman–Crippen LogP) is 2.73. The Morgan fingerprint density at radius 1 is 1.19 bits per heavy atom. The van der Waals surface area contributed by atoms with Crippen LogP contribution in [0, 0.1) is 5.92 Å². The van der Waals surface area contributed by atoms with Crippen molar-refractivity contribution in [2.75, 3.05) is 27.7 Å². The Bertz CT molecular complexity index is 1280. The normalized spacial score (nSPS) is 22.5. The molecule has 1 aromatic carbocycles. The lowest BCUT2D eigenvalue weighted by Gasteiger charge is -2.36. The van der Waals surface area contributed by atoms with Gasteiger partial charge in [0.05, 0.1) is 5.69 Å². The fourth-order valence-corrected chi connectivity index (χ4v) is 7.04. The molecule has 1 fully saturated rings. The van der Waals surface area contributed by atoms with Gasteiger partial charge in [-0.05, 0) is 50.1 Å². The van der Waals surface area contributed by atoms with Gasteiger partial charge in [0.1, 0.15) is 0 Å². The Kier molecular flexibility index (Phi) is 8.70. The van der Waals surface area contributed by atoms with Crippen LogP contribution >= 0.6 is 22.9 Å². The Morgan fingerprint density at radius 2 is 1.92 bits per heavy atom. The lowest BCUT2D eigenvalue weighted by Crippen LogP contribution is -2.55. The third-order valence-electron chi connectivity index (χ3n) is 6.70. The summed E-state index contributed by atoms with van der Waals surface area (Å²) in [6, 6.07) is 5.70. The molecule has 2 aliphatic rings. The van der Waals surface area contributed by atoms with Crippen molar-refractivity contribution in [1.82, 2.24) is 24.8 Å². The van der Waals surface area contributed by atoms with Crippen LogP contribution in [0.3, 0.4) is 0 Å². The highest BCUT2D eigenvalue weighted by Gasteiger charge is 2.37. The minimum Gasteiger partial charge on any atom is -0.349 e. The molecule has 0 unspecified atom stereocenters. The van der Waals surface area contributed by atoms with E-state index in [0.717, 1.165) is 35.5 Å². The predicted molar refractivity (Wildman–Crippen MR) is 146 cm³/mol. The van der Waals surface area contributed by atoms with Crippen molar-refractivity contribution in [3.8, 4) is 0 Å². The second kappa shape index (κ2) is 11.6. The molecule has 0 saturated heterocycles. The van der Waals surface area contributed by atoms with E-state index in [1.165, 1.54) is 22.3 Å². The van der Waals surface area contributed by atoms with Gasteiger partial charge in [0.25, 0.3) is 5.91 Å². The summed E-state index contributed by atoms with van der Waals surface area (Å²) >= 11 is 7.27. The molecule has 0 bridgehead atoms. The zero-order chi connectivity index (χ0) is 26.7. The lowest BCUT2D eigenvalue weighted by molar-refractivity contribution is -0.134. The van der Waals surface area contributed by atoms with E-state index in [4.69, 9.17) is 11.6 Å². The van der Waals surface area contributed by atoms with Gasteiger partial charge in [-0.1, -0.05) is 23.7 Å². The van der Waals surface area contributed by atoms with Crippen molar-refractivity contribution in [1.29, 1.82) is 0 Å². The fourth-order valence-electron chi connectivity index (χ4n) is 4.70. The molecule has 2 amide bonds. The Labute approximate surface area is 226 Å². The molecule has 3 atom stereocenters. The van der Waals surface area contributed by atoms with Crippen LogP contribution in [0.15, 0.2) is 29.7 Å². The quantitative estimate of drug-likeness (QED) is 0.534. The summed E-state index contributed by atoms with van der Waals surface area (Å²) in [6.07, 6.45) is 3.56. The third-order valence-corrected chi connectivity index (χ3v) is 9.16. The van der Waals surface area contributed by atoms with Crippen LogP contribution in [0.5, 0.6) is 0 Å². The van der Waals surface area contributed by atoms with Crippen molar-refractivity contribution in [3.63, 3.8) is 0 Å². The largest absolute Gasteiger partial charge is 0.349 e. The number of amides is 2. The van der Waals surface area contributed by atoms with Crippen molar-refractivity contribution in [2.24, 2.45) is 5.92 Å². The van der Waals surface area contributed by atoms with Crippen LogP contribution in [-0.2, 0) is 27.8 Å². The van der Waals surface area contributed by atoms with E-state index >= 15 is 0 Å². The monoisotopic (exact) mass is 565 g/mol. The first-order valence-electron chi connectivity index (χ1n) is 12.2. The Balaban J connectivity index is 1.50. The van der Waals surface area contributed by atoms with Crippen LogP contribution < -0.4 is 10.0 Å². The SMILES string of the molecule is CN1CCc2nc(C(=O)N[C@@H]3C[C@@H](C(=O)N(C)C)CC[C@@H]3NS(=O)(=O)/C=C/c3ccc(Cl)cc3)sc2C1. The molecule has 200 valence electrons. The molecule has 12 heteroatoms. The minimum absolute atomic E-state index is 0.0315. The number of thiazole rings is 1. The highest BCUT2D eigenvalue weighted by molar-refractivity contribution is 7.92. The number of hydrogen-bond acceptors (Lipinski definition) is 7. The summed E-state index contributed by atoms with van der Waals surface area (Å²) in [5.74, 6) is -0.675. The van der Waals surface area contributed by atoms with E-state index in [2.05, 4.69) is 19.9 Å². The summed E-state index contributed by atoms with van der Waals surface area (Å²) in [4.78, 5) is 35.2. The first-order valence-corrected chi connectivity index (χ1v) is 14.9. The maximum atomic E-state index is 13.2. The molecule has 37 heavy (non-hydrogen) atoms. The maximum absolute atomic E-state index is 13.2. The zero-order valence-electron chi connectivity index (χ0n) is 21.1. The summed E-state index contributed by atoms with van der Waals surface area (Å²) in [5.41, 5.74) is 1.64. The number of rotatable bonds is 7. The number of aromatic nitrogens is 1. The van der Waals surface area contributed by atoms with Gasteiger partial charge in [-0.3, -0.25) is 9.59 Å². The first-order chi connectivity index (χ1) is 17.5. The second-order valence-corrected chi connectivity index (χ2v) is 12.9. The molecule has 1 aliphatic carbocycles. The highest BCUT2D eigenvalue weighted by atomic mass is 35.5. The smallest absolute Gasteiger partial charge is 0.280 e. The number of hydrogen-bond donors (Lipinski definition) is 2. The third kappa shape index (κ3) is 7.17. The number of likely N-dealkylation sites (N-methyl/N-ethyl adjacent to an activating group) is 1. The highest BCUT2D eigenvalue weighted by Crippen LogP contribution is 2.29. The average Bonchev–Trinajstić information content (AvgIpc) is 3.27. The number of fused-ring (bicyclic) bond motifs is 1. The van der Waals surface area contributed by atoms with Crippen LogP contribution in [0.1, 0.15) is 45.2 Å². The molecule has 4 rings (SSSR count). The van der Waals surface area contributed by atoms with E-state index in [1.807, 2.05) is 7.05 Å². The lowest BCUT2D eigenvalue weighted by atomic mass is 9.82. The minimum atomic E-state index is -3.81. The summed E-state index contributed by atoms with van der Waals surface area (Å²) < 4.78 is 28.5. The Morgan fingerprint density at radius 3 is 2.62 bits per heavy atom. The van der Waals surface area contributed by atoms with Gasteiger partial charge in [0, 0.05) is 66.9 Å². The zero-order valence-corrected chi connectivity index (χ0v) is 23.5. The molecular formula is C25H32ClN5O4S2. The number of carbonyl (C=O) groups excluding carboxylic acids is 2. The van der Waals surface area contributed by atoms with Gasteiger partial charge in [-0.2, -0.15) is 0 Å². The number of halogens is 1. The van der Waals surface area contributed by atoms with Gasteiger partial charge in [-0.15, -0.1) is 11.3 Å². The van der Waals surface area contributed by atoms with Crippen LogP contribution in [0.2, 0.25) is 5.02 Å². The molecule has 0 spiro atoms.